The number of benzene rings is 2. The fraction of sp³-hybridized carbons (Fsp3) is 0.481. The molecule has 2 amide bonds. The van der Waals surface area contributed by atoms with Gasteiger partial charge in [0.1, 0.15) is 0 Å². The lowest BCUT2D eigenvalue weighted by atomic mass is 9.49. The van der Waals surface area contributed by atoms with Crippen molar-refractivity contribution < 1.29 is 9.59 Å². The van der Waals surface area contributed by atoms with Gasteiger partial charge in [0.15, 0.2) is 0 Å². The minimum absolute atomic E-state index is 0.0192. The van der Waals surface area contributed by atoms with Crippen LogP contribution in [0.25, 0.3) is 0 Å². The van der Waals surface area contributed by atoms with Gasteiger partial charge >= 0.3 is 0 Å². The summed E-state index contributed by atoms with van der Waals surface area (Å²) < 4.78 is 0. The van der Waals surface area contributed by atoms with Crippen LogP contribution in [-0.4, -0.2) is 16.7 Å². The molecule has 7 rings (SSSR count). The van der Waals surface area contributed by atoms with Crippen LogP contribution in [0.4, 0.5) is 17.1 Å². The predicted molar refractivity (Wildman–Crippen MR) is 127 cm³/mol. The van der Waals surface area contributed by atoms with E-state index in [1.54, 1.807) is 11.8 Å². The molecule has 4 aliphatic carbocycles. The second kappa shape index (κ2) is 7.08. The van der Waals surface area contributed by atoms with Crippen molar-refractivity contribution in [1.82, 2.24) is 0 Å². The third-order valence-corrected chi connectivity index (χ3v) is 8.71. The Labute approximate surface area is 194 Å². The molecule has 5 aliphatic rings. The van der Waals surface area contributed by atoms with Crippen molar-refractivity contribution in [3.05, 3.63) is 53.6 Å². The summed E-state index contributed by atoms with van der Waals surface area (Å²) in [7, 11) is 0. The number of hydrogen-bond acceptors (Lipinski definition) is 2. The third kappa shape index (κ3) is 3.18. The van der Waals surface area contributed by atoms with E-state index in [9.17, 15) is 9.59 Å². The highest BCUT2D eigenvalue weighted by Crippen LogP contribution is 2.64. The number of fused-ring (bicyclic) bond motifs is 2. The summed E-state index contributed by atoms with van der Waals surface area (Å²) in [5, 5.41) is 3.23. The Bertz CT molecular complexity index is 1110. The monoisotopic (exact) mass is 448 g/mol. The highest BCUT2D eigenvalue weighted by atomic mass is 35.5. The number of para-hydroxylation sites is 1. The molecule has 4 nitrogen and oxygen atoms in total. The zero-order chi connectivity index (χ0) is 22.1. The van der Waals surface area contributed by atoms with Gasteiger partial charge < -0.3 is 5.32 Å². The molecule has 4 bridgehead atoms. The number of hydrogen-bond donors (Lipinski definition) is 1. The number of rotatable bonds is 2. The standard InChI is InChI=1S/C27H29ClN2O2/c1-17(31)30-23-5-3-2-4-20(23)6-7-21-8-9-22(11-24(21)30)29-25(32)26-12-18-10-19(13-26)15-27(28,14-18)16-26/h2-5,8-9,11,18-19H,6-7,10,12-16H2,1H3,(H,29,32). The Morgan fingerprint density at radius 2 is 1.66 bits per heavy atom. The van der Waals surface area contributed by atoms with Gasteiger partial charge in [-0.25, -0.2) is 0 Å². The van der Waals surface area contributed by atoms with Crippen LogP contribution in [-0.2, 0) is 22.4 Å². The Morgan fingerprint density at radius 3 is 2.34 bits per heavy atom. The Morgan fingerprint density at radius 1 is 0.969 bits per heavy atom. The second-order valence-corrected chi connectivity index (χ2v) is 11.5. The molecule has 2 aromatic rings. The average Bonchev–Trinajstić information content (AvgIpc) is 2.88. The van der Waals surface area contributed by atoms with Gasteiger partial charge in [-0.15, -0.1) is 11.6 Å². The summed E-state index contributed by atoms with van der Waals surface area (Å²) in [6.07, 6.45) is 7.82. The molecular weight excluding hydrogens is 420 g/mol. The first-order chi connectivity index (χ1) is 15.3. The number of alkyl halides is 1. The quantitative estimate of drug-likeness (QED) is 0.574. The maximum Gasteiger partial charge on any atom is 0.230 e. The van der Waals surface area contributed by atoms with E-state index in [0.717, 1.165) is 67.6 Å². The molecule has 2 aromatic carbocycles. The van der Waals surface area contributed by atoms with Gasteiger partial charge in [-0.2, -0.15) is 0 Å². The fourth-order valence-corrected chi connectivity index (χ4v) is 8.11. The zero-order valence-corrected chi connectivity index (χ0v) is 19.3. The molecule has 32 heavy (non-hydrogen) atoms. The van der Waals surface area contributed by atoms with Crippen LogP contribution in [0.5, 0.6) is 0 Å². The lowest BCUT2D eigenvalue weighted by molar-refractivity contribution is -0.138. The number of carbonyl (C=O) groups is 2. The summed E-state index contributed by atoms with van der Waals surface area (Å²) in [5.41, 5.74) is 4.53. The van der Waals surface area contributed by atoms with Crippen molar-refractivity contribution in [3.63, 3.8) is 0 Å². The molecule has 4 saturated carbocycles. The molecule has 1 aliphatic heterocycles. The number of nitrogens with one attached hydrogen (secondary N) is 1. The Hall–Kier alpha value is -2.33. The van der Waals surface area contributed by atoms with Crippen molar-refractivity contribution in [2.24, 2.45) is 17.3 Å². The van der Waals surface area contributed by atoms with Crippen LogP contribution in [0.15, 0.2) is 42.5 Å². The number of amides is 2. The van der Waals surface area contributed by atoms with Gasteiger partial charge in [-0.05, 0) is 92.5 Å². The van der Waals surface area contributed by atoms with E-state index < -0.39 is 0 Å². The van der Waals surface area contributed by atoms with Gasteiger partial charge in [0.25, 0.3) is 0 Å². The van der Waals surface area contributed by atoms with Crippen molar-refractivity contribution in [2.45, 2.75) is 63.2 Å². The van der Waals surface area contributed by atoms with E-state index in [1.807, 2.05) is 30.3 Å². The summed E-state index contributed by atoms with van der Waals surface area (Å²) >= 11 is 6.96. The first-order valence-corrected chi connectivity index (χ1v) is 12.2. The molecule has 5 heteroatoms. The maximum absolute atomic E-state index is 13.6. The number of nitrogens with zero attached hydrogens (tertiary/aromatic N) is 1. The van der Waals surface area contributed by atoms with Crippen LogP contribution in [0.1, 0.15) is 56.6 Å². The SMILES string of the molecule is CC(=O)N1c2ccccc2CCc2ccc(NC(=O)C34CC5CC(CC(Cl)(C5)C3)C4)cc21. The molecular formula is C27H29ClN2O2. The van der Waals surface area contributed by atoms with E-state index in [0.29, 0.717) is 11.8 Å². The van der Waals surface area contributed by atoms with Crippen LogP contribution in [0.2, 0.25) is 0 Å². The lowest BCUT2D eigenvalue weighted by Crippen LogP contribution is -2.57. The van der Waals surface area contributed by atoms with Gasteiger partial charge in [0.2, 0.25) is 11.8 Å². The first kappa shape index (κ1) is 20.3. The van der Waals surface area contributed by atoms with Gasteiger partial charge in [-0.1, -0.05) is 24.3 Å². The zero-order valence-electron chi connectivity index (χ0n) is 18.5. The van der Waals surface area contributed by atoms with Crippen molar-refractivity contribution in [2.75, 3.05) is 10.2 Å². The van der Waals surface area contributed by atoms with Crippen molar-refractivity contribution in [1.29, 1.82) is 0 Å². The predicted octanol–water partition coefficient (Wildman–Crippen LogP) is 5.99. The van der Waals surface area contributed by atoms with Gasteiger partial charge in [-0.3, -0.25) is 14.5 Å². The van der Waals surface area contributed by atoms with Crippen LogP contribution in [0, 0.1) is 17.3 Å². The van der Waals surface area contributed by atoms with Crippen LogP contribution < -0.4 is 10.2 Å². The summed E-state index contributed by atoms with van der Waals surface area (Å²) in [6, 6.07) is 14.1. The molecule has 2 atom stereocenters. The second-order valence-electron chi connectivity index (χ2n) is 10.7. The normalized spacial score (nSPS) is 32.1. The summed E-state index contributed by atoms with van der Waals surface area (Å²) in [5.74, 6) is 1.25. The minimum atomic E-state index is -0.342. The third-order valence-electron chi connectivity index (χ3n) is 8.27. The smallest absolute Gasteiger partial charge is 0.230 e. The number of anilines is 3. The van der Waals surface area contributed by atoms with E-state index in [1.165, 1.54) is 12.0 Å². The van der Waals surface area contributed by atoms with Crippen molar-refractivity contribution >= 4 is 40.5 Å². The lowest BCUT2D eigenvalue weighted by Gasteiger charge is -2.59. The molecule has 2 unspecified atom stereocenters. The van der Waals surface area contributed by atoms with E-state index in [2.05, 4.69) is 17.4 Å². The topological polar surface area (TPSA) is 49.4 Å². The van der Waals surface area contributed by atoms with Gasteiger partial charge in [0.05, 0.1) is 16.8 Å². The Kier molecular flexibility index (Phi) is 4.49. The van der Waals surface area contributed by atoms with Crippen LogP contribution in [0.3, 0.4) is 0 Å². The molecule has 0 spiro atoms. The molecule has 166 valence electrons. The summed E-state index contributed by atoms with van der Waals surface area (Å²) in [4.78, 5) is 27.9. The van der Waals surface area contributed by atoms with E-state index in [4.69, 9.17) is 11.6 Å². The van der Waals surface area contributed by atoms with Gasteiger partial charge in [0, 0.05) is 17.5 Å². The minimum Gasteiger partial charge on any atom is -0.326 e. The van der Waals surface area contributed by atoms with Crippen molar-refractivity contribution in [3.8, 4) is 0 Å². The number of aryl methyl sites for hydroxylation is 2. The molecule has 4 fully saturated rings. The van der Waals surface area contributed by atoms with E-state index in [-0.39, 0.29) is 22.1 Å². The molecule has 0 saturated heterocycles. The van der Waals surface area contributed by atoms with Crippen LogP contribution >= 0.6 is 11.6 Å². The fourth-order valence-electron chi connectivity index (χ4n) is 7.42. The van der Waals surface area contributed by atoms with E-state index >= 15 is 0 Å². The maximum atomic E-state index is 13.6. The number of carbonyl (C=O) groups excluding carboxylic acids is 2. The highest BCUT2D eigenvalue weighted by molar-refractivity contribution is 6.24. The highest BCUT2D eigenvalue weighted by Gasteiger charge is 2.60. The molecule has 1 heterocycles. The number of halogens is 1. The Balaban J connectivity index is 1.33. The largest absolute Gasteiger partial charge is 0.326 e. The summed E-state index contributed by atoms with van der Waals surface area (Å²) in [6.45, 7) is 1.60. The first-order valence-electron chi connectivity index (χ1n) is 11.9. The average molecular weight is 449 g/mol. The molecule has 1 N–H and O–H groups in total. The molecule has 0 radical (unpaired) electrons. The molecule has 0 aromatic heterocycles.